The third kappa shape index (κ3) is 4.83. The summed E-state index contributed by atoms with van der Waals surface area (Å²) in [6.45, 7) is 0.788. The Morgan fingerprint density at radius 2 is 1.79 bits per heavy atom. The minimum atomic E-state index is -0.295. The molecule has 0 radical (unpaired) electrons. The van der Waals surface area contributed by atoms with Crippen LogP contribution < -0.4 is 10.1 Å². The Bertz CT molecular complexity index is 1270. The van der Waals surface area contributed by atoms with E-state index in [0.29, 0.717) is 18.8 Å². The van der Waals surface area contributed by atoms with E-state index in [1.165, 1.54) is 12.1 Å². The molecule has 0 spiro atoms. The van der Waals surface area contributed by atoms with E-state index >= 15 is 0 Å². The van der Waals surface area contributed by atoms with Crippen LogP contribution >= 0.6 is 0 Å². The van der Waals surface area contributed by atoms with Crippen molar-refractivity contribution in [3.8, 4) is 11.4 Å². The topological polar surface area (TPSA) is 69.0 Å². The van der Waals surface area contributed by atoms with Crippen LogP contribution in [0.2, 0.25) is 0 Å². The van der Waals surface area contributed by atoms with Gasteiger partial charge < -0.3 is 10.1 Å². The number of carbonyl (C=O) groups excluding carboxylic acids is 1. The molecule has 2 heterocycles. The molecule has 1 amide bonds. The van der Waals surface area contributed by atoms with Gasteiger partial charge in [0.15, 0.2) is 5.69 Å². The summed E-state index contributed by atoms with van der Waals surface area (Å²) in [5.74, 6) is 0.248. The molecule has 0 saturated carbocycles. The van der Waals surface area contributed by atoms with E-state index in [-0.39, 0.29) is 11.7 Å². The van der Waals surface area contributed by atoms with Crippen molar-refractivity contribution in [3.05, 3.63) is 107 Å². The van der Waals surface area contributed by atoms with Gasteiger partial charge in [-0.1, -0.05) is 18.2 Å². The van der Waals surface area contributed by atoms with E-state index in [9.17, 15) is 9.18 Å². The number of nitrogens with zero attached hydrogens (tertiary/aromatic N) is 3. The zero-order chi connectivity index (χ0) is 23.3. The quantitative estimate of drug-likeness (QED) is 0.434. The summed E-state index contributed by atoms with van der Waals surface area (Å²) >= 11 is 0. The molecule has 2 aromatic heterocycles. The number of halogens is 1. The van der Waals surface area contributed by atoms with Crippen molar-refractivity contribution in [1.29, 1.82) is 0 Å². The number of hydrogen-bond donors (Lipinski definition) is 1. The van der Waals surface area contributed by atoms with Crippen LogP contribution in [0, 0.1) is 5.82 Å². The number of pyridine rings is 1. The fourth-order valence-electron chi connectivity index (χ4n) is 4.19. The fraction of sp³-hybridized carbons (Fsp3) is 0.222. The molecule has 1 N–H and O–H groups in total. The number of benzene rings is 2. The first-order valence-electron chi connectivity index (χ1n) is 11.4. The van der Waals surface area contributed by atoms with Gasteiger partial charge in [-0.05, 0) is 79.8 Å². The van der Waals surface area contributed by atoms with Crippen LogP contribution in [0.4, 0.5) is 4.39 Å². The Morgan fingerprint density at radius 3 is 2.56 bits per heavy atom. The van der Waals surface area contributed by atoms with Crippen molar-refractivity contribution in [2.75, 3.05) is 0 Å². The van der Waals surface area contributed by atoms with Gasteiger partial charge in [0.05, 0.1) is 11.4 Å². The maximum atomic E-state index is 13.4. The zero-order valence-corrected chi connectivity index (χ0v) is 18.7. The Kier molecular flexibility index (Phi) is 6.33. The maximum absolute atomic E-state index is 13.4. The first kappa shape index (κ1) is 21.8. The lowest BCUT2D eigenvalue weighted by Gasteiger charge is -2.14. The molecular weight excluding hydrogens is 431 g/mol. The van der Waals surface area contributed by atoms with Crippen molar-refractivity contribution in [1.82, 2.24) is 20.1 Å². The Hall–Kier alpha value is -4.00. The minimum absolute atomic E-state index is 0.200. The largest absolute Gasteiger partial charge is 0.487 e. The molecule has 0 bridgehead atoms. The van der Waals surface area contributed by atoms with Gasteiger partial charge in [0.2, 0.25) is 0 Å². The number of ether oxygens (including phenoxy) is 1. The molecule has 0 atom stereocenters. The van der Waals surface area contributed by atoms with Gasteiger partial charge in [-0.15, -0.1) is 0 Å². The monoisotopic (exact) mass is 456 g/mol. The second-order valence-corrected chi connectivity index (χ2v) is 8.31. The van der Waals surface area contributed by atoms with Crippen molar-refractivity contribution in [2.24, 2.45) is 0 Å². The van der Waals surface area contributed by atoms with Gasteiger partial charge in [-0.3, -0.25) is 9.78 Å². The van der Waals surface area contributed by atoms with Crippen LogP contribution in [0.15, 0.2) is 72.9 Å². The molecule has 2 aromatic carbocycles. The third-order valence-electron chi connectivity index (χ3n) is 5.96. The van der Waals surface area contributed by atoms with Crippen molar-refractivity contribution in [3.63, 3.8) is 0 Å². The summed E-state index contributed by atoms with van der Waals surface area (Å²) in [7, 11) is 0. The standard InChI is InChI=1S/C27H25FN4O2/c28-20-10-12-22(13-11-20)32-25-7-2-1-6-24(25)26(31-32)27(33)30-17-19-8-14-23(15-9-19)34-18-21-5-3-4-16-29-21/h3-5,8-16H,1-2,6-7,17-18H2,(H,30,33). The summed E-state index contributed by atoms with van der Waals surface area (Å²) in [5, 5.41) is 7.62. The second kappa shape index (κ2) is 9.87. The minimum Gasteiger partial charge on any atom is -0.487 e. The Morgan fingerprint density at radius 1 is 1.00 bits per heavy atom. The molecule has 0 unspecified atom stereocenters. The summed E-state index contributed by atoms with van der Waals surface area (Å²) < 4.78 is 20.9. The molecule has 1 aliphatic carbocycles. The molecule has 6 nitrogen and oxygen atoms in total. The van der Waals surface area contributed by atoms with Gasteiger partial charge in [0.25, 0.3) is 5.91 Å². The second-order valence-electron chi connectivity index (χ2n) is 8.31. The number of amides is 1. The molecule has 7 heteroatoms. The van der Waals surface area contributed by atoms with Crippen molar-refractivity contribution in [2.45, 2.75) is 38.8 Å². The predicted molar refractivity (Wildman–Crippen MR) is 126 cm³/mol. The van der Waals surface area contributed by atoms with Gasteiger partial charge >= 0.3 is 0 Å². The highest BCUT2D eigenvalue weighted by Gasteiger charge is 2.25. The predicted octanol–water partition coefficient (Wildman–Crippen LogP) is 4.79. The van der Waals surface area contributed by atoms with Crippen LogP contribution in [0.1, 0.15) is 45.8 Å². The van der Waals surface area contributed by atoms with Crippen LogP contribution in [0.5, 0.6) is 5.75 Å². The molecular formula is C27H25FN4O2. The number of rotatable bonds is 7. The lowest BCUT2D eigenvalue weighted by Crippen LogP contribution is -2.24. The molecule has 0 aliphatic heterocycles. The first-order chi connectivity index (χ1) is 16.7. The average molecular weight is 457 g/mol. The van der Waals surface area contributed by atoms with Gasteiger partial charge in [0.1, 0.15) is 18.2 Å². The molecule has 0 fully saturated rings. The summed E-state index contributed by atoms with van der Waals surface area (Å²) in [5.41, 5.74) is 5.07. The third-order valence-corrected chi connectivity index (χ3v) is 5.96. The van der Waals surface area contributed by atoms with E-state index in [1.54, 1.807) is 23.0 Å². The van der Waals surface area contributed by atoms with Crippen LogP contribution in [0.3, 0.4) is 0 Å². The maximum Gasteiger partial charge on any atom is 0.272 e. The van der Waals surface area contributed by atoms with Crippen LogP contribution in [-0.2, 0) is 26.0 Å². The Labute approximate surface area is 197 Å². The van der Waals surface area contributed by atoms with E-state index in [0.717, 1.165) is 59.6 Å². The van der Waals surface area contributed by atoms with E-state index in [4.69, 9.17) is 4.74 Å². The number of fused-ring (bicyclic) bond motifs is 1. The molecule has 0 saturated heterocycles. The summed E-state index contributed by atoms with van der Waals surface area (Å²) in [6.07, 6.45) is 5.50. The molecule has 34 heavy (non-hydrogen) atoms. The number of hydrogen-bond acceptors (Lipinski definition) is 4. The smallest absolute Gasteiger partial charge is 0.272 e. The van der Waals surface area contributed by atoms with E-state index < -0.39 is 0 Å². The number of nitrogens with one attached hydrogen (secondary N) is 1. The number of aromatic nitrogens is 3. The molecule has 4 aromatic rings. The Balaban J connectivity index is 1.25. The summed E-state index contributed by atoms with van der Waals surface area (Å²) in [6, 6.07) is 19.6. The van der Waals surface area contributed by atoms with Gasteiger partial charge in [0, 0.05) is 24.0 Å². The highest BCUT2D eigenvalue weighted by molar-refractivity contribution is 5.94. The molecule has 1 aliphatic rings. The van der Waals surface area contributed by atoms with Crippen LogP contribution in [-0.4, -0.2) is 20.7 Å². The lowest BCUT2D eigenvalue weighted by molar-refractivity contribution is 0.0944. The molecule has 172 valence electrons. The highest BCUT2D eigenvalue weighted by atomic mass is 19.1. The lowest BCUT2D eigenvalue weighted by atomic mass is 9.95. The SMILES string of the molecule is O=C(NCc1ccc(OCc2ccccn2)cc1)c1nn(-c2ccc(F)cc2)c2c1CCCC2. The van der Waals surface area contributed by atoms with Crippen molar-refractivity contribution < 1.29 is 13.9 Å². The van der Waals surface area contributed by atoms with Gasteiger partial charge in [-0.2, -0.15) is 5.10 Å². The first-order valence-corrected chi connectivity index (χ1v) is 11.4. The summed E-state index contributed by atoms with van der Waals surface area (Å²) in [4.78, 5) is 17.3. The van der Waals surface area contributed by atoms with E-state index in [2.05, 4.69) is 15.4 Å². The fourth-order valence-corrected chi connectivity index (χ4v) is 4.19. The number of carbonyl (C=O) groups is 1. The normalized spacial score (nSPS) is 12.7. The van der Waals surface area contributed by atoms with Crippen molar-refractivity contribution >= 4 is 5.91 Å². The average Bonchev–Trinajstić information content (AvgIpc) is 3.28. The van der Waals surface area contributed by atoms with E-state index in [1.807, 2.05) is 42.5 Å². The van der Waals surface area contributed by atoms with Gasteiger partial charge in [-0.25, -0.2) is 9.07 Å². The highest BCUT2D eigenvalue weighted by Crippen LogP contribution is 2.27. The van der Waals surface area contributed by atoms with Crippen LogP contribution in [0.25, 0.3) is 5.69 Å². The molecule has 5 rings (SSSR count). The zero-order valence-electron chi connectivity index (χ0n) is 18.7.